The average molecular weight is 256 g/mol. The van der Waals surface area contributed by atoms with Gasteiger partial charge in [-0.1, -0.05) is 18.5 Å². The van der Waals surface area contributed by atoms with Crippen LogP contribution in [0.15, 0.2) is 12.3 Å². The fourth-order valence-electron chi connectivity index (χ4n) is 2.26. The van der Waals surface area contributed by atoms with Gasteiger partial charge in [-0.2, -0.15) is 0 Å². The zero-order chi connectivity index (χ0) is 12.6. The van der Waals surface area contributed by atoms with Crippen LogP contribution in [0.3, 0.4) is 0 Å². The molecular weight excluding hydrogens is 238 g/mol. The second-order valence-electron chi connectivity index (χ2n) is 5.15. The Morgan fingerprint density at radius 3 is 2.82 bits per heavy atom. The number of nitrogens with zero attached hydrogens (tertiary/aromatic N) is 2. The molecular formula is C12H18ClN3O. The van der Waals surface area contributed by atoms with Crippen molar-refractivity contribution in [2.24, 2.45) is 18.2 Å². The van der Waals surface area contributed by atoms with Crippen LogP contribution in [0.25, 0.3) is 0 Å². The Morgan fingerprint density at radius 2 is 2.35 bits per heavy atom. The number of carbonyl (C=O) groups excluding carboxylic acids is 1. The molecule has 1 unspecified atom stereocenters. The first kappa shape index (κ1) is 12.5. The molecule has 2 heterocycles. The Balaban J connectivity index is 2.15. The van der Waals surface area contributed by atoms with Crippen LogP contribution in [0.4, 0.5) is 0 Å². The molecule has 0 aliphatic carbocycles. The largest absolute Gasteiger partial charge is 0.345 e. The van der Waals surface area contributed by atoms with Crippen molar-refractivity contribution in [2.75, 3.05) is 19.6 Å². The van der Waals surface area contributed by atoms with Crippen molar-refractivity contribution in [3.05, 3.63) is 23.0 Å². The van der Waals surface area contributed by atoms with E-state index < -0.39 is 0 Å². The maximum atomic E-state index is 12.3. The molecule has 1 amide bonds. The van der Waals surface area contributed by atoms with Crippen molar-refractivity contribution >= 4 is 17.5 Å². The lowest BCUT2D eigenvalue weighted by Crippen LogP contribution is -2.35. The Hall–Kier alpha value is -1.00. The summed E-state index contributed by atoms with van der Waals surface area (Å²) in [6.45, 7) is 4.24. The first-order valence-corrected chi connectivity index (χ1v) is 6.14. The topological polar surface area (TPSA) is 51.3 Å². The minimum atomic E-state index is 0.0385. The van der Waals surface area contributed by atoms with Gasteiger partial charge in [0.05, 0.1) is 5.02 Å². The third-order valence-electron chi connectivity index (χ3n) is 3.53. The van der Waals surface area contributed by atoms with Gasteiger partial charge in [0.1, 0.15) is 5.69 Å². The molecule has 1 fully saturated rings. The fraction of sp³-hybridized carbons (Fsp3) is 0.583. The van der Waals surface area contributed by atoms with Crippen molar-refractivity contribution in [3.8, 4) is 0 Å². The van der Waals surface area contributed by atoms with E-state index >= 15 is 0 Å². The molecule has 1 aliphatic heterocycles. The highest BCUT2D eigenvalue weighted by molar-refractivity contribution is 6.31. The van der Waals surface area contributed by atoms with Gasteiger partial charge in [0.15, 0.2) is 0 Å². The van der Waals surface area contributed by atoms with E-state index in [0.717, 1.165) is 19.5 Å². The maximum absolute atomic E-state index is 12.3. The molecule has 2 rings (SSSR count). The summed E-state index contributed by atoms with van der Waals surface area (Å²) in [7, 11) is 1.83. The van der Waals surface area contributed by atoms with Crippen LogP contribution in [0.2, 0.25) is 5.02 Å². The summed E-state index contributed by atoms with van der Waals surface area (Å²) < 4.78 is 1.77. The molecule has 0 aromatic carbocycles. The standard InChI is InChI=1S/C12H18ClN3O/c1-12(7-14)3-4-16(8-12)11(17)10-5-9(13)6-15(10)2/h5-6H,3-4,7-8,14H2,1-2H3. The van der Waals surface area contributed by atoms with Crippen molar-refractivity contribution < 1.29 is 4.79 Å². The van der Waals surface area contributed by atoms with E-state index in [4.69, 9.17) is 17.3 Å². The third kappa shape index (κ3) is 2.33. The van der Waals surface area contributed by atoms with Crippen LogP contribution in [0, 0.1) is 5.41 Å². The average Bonchev–Trinajstić information content (AvgIpc) is 2.82. The van der Waals surface area contributed by atoms with Gasteiger partial charge in [-0.25, -0.2) is 0 Å². The highest BCUT2D eigenvalue weighted by Gasteiger charge is 2.35. The molecule has 1 aliphatic rings. The number of carbonyl (C=O) groups is 1. The predicted molar refractivity (Wildman–Crippen MR) is 68.1 cm³/mol. The summed E-state index contributed by atoms with van der Waals surface area (Å²) in [5, 5.41) is 0.594. The number of amides is 1. The molecule has 2 N–H and O–H groups in total. The lowest BCUT2D eigenvalue weighted by atomic mass is 9.90. The lowest BCUT2D eigenvalue weighted by molar-refractivity contribution is 0.0767. The third-order valence-corrected chi connectivity index (χ3v) is 3.74. The van der Waals surface area contributed by atoms with Crippen LogP contribution >= 0.6 is 11.6 Å². The molecule has 17 heavy (non-hydrogen) atoms. The molecule has 5 heteroatoms. The maximum Gasteiger partial charge on any atom is 0.270 e. The quantitative estimate of drug-likeness (QED) is 0.871. The highest BCUT2D eigenvalue weighted by atomic mass is 35.5. The molecule has 0 radical (unpaired) electrons. The number of halogens is 1. The predicted octanol–water partition coefficient (Wildman–Crippen LogP) is 1.49. The molecule has 1 aromatic rings. The van der Waals surface area contributed by atoms with Gasteiger partial charge < -0.3 is 15.2 Å². The second-order valence-corrected chi connectivity index (χ2v) is 5.58. The van der Waals surface area contributed by atoms with Gasteiger partial charge in [-0.3, -0.25) is 4.79 Å². The second kappa shape index (κ2) is 4.35. The van der Waals surface area contributed by atoms with E-state index in [1.165, 1.54) is 0 Å². The van der Waals surface area contributed by atoms with Crippen LogP contribution in [0.5, 0.6) is 0 Å². The van der Waals surface area contributed by atoms with Crippen molar-refractivity contribution in [1.29, 1.82) is 0 Å². The first-order chi connectivity index (χ1) is 7.95. The molecule has 0 spiro atoms. The van der Waals surface area contributed by atoms with Crippen LogP contribution in [-0.4, -0.2) is 35.0 Å². The van der Waals surface area contributed by atoms with Gasteiger partial charge in [-0.15, -0.1) is 0 Å². The van der Waals surface area contributed by atoms with E-state index in [0.29, 0.717) is 17.3 Å². The van der Waals surface area contributed by atoms with Gasteiger partial charge in [-0.05, 0) is 24.4 Å². The van der Waals surface area contributed by atoms with E-state index in [2.05, 4.69) is 6.92 Å². The van der Waals surface area contributed by atoms with E-state index in [-0.39, 0.29) is 11.3 Å². The Bertz CT molecular complexity index is 443. The molecule has 4 nitrogen and oxygen atoms in total. The summed E-state index contributed by atoms with van der Waals surface area (Å²) in [5.41, 5.74) is 6.43. The summed E-state index contributed by atoms with van der Waals surface area (Å²) >= 11 is 5.89. The summed E-state index contributed by atoms with van der Waals surface area (Å²) in [4.78, 5) is 14.2. The Kier molecular flexibility index (Phi) is 3.19. The monoisotopic (exact) mass is 255 g/mol. The van der Waals surface area contributed by atoms with E-state index in [1.807, 2.05) is 11.9 Å². The first-order valence-electron chi connectivity index (χ1n) is 5.76. The smallest absolute Gasteiger partial charge is 0.270 e. The van der Waals surface area contributed by atoms with Crippen molar-refractivity contribution in [1.82, 2.24) is 9.47 Å². The number of nitrogens with two attached hydrogens (primary N) is 1. The minimum Gasteiger partial charge on any atom is -0.345 e. The van der Waals surface area contributed by atoms with Crippen LogP contribution < -0.4 is 5.73 Å². The zero-order valence-electron chi connectivity index (χ0n) is 10.2. The number of likely N-dealkylation sites (tertiary alicyclic amines) is 1. The molecule has 1 atom stereocenters. The minimum absolute atomic E-state index is 0.0385. The van der Waals surface area contributed by atoms with Crippen LogP contribution in [-0.2, 0) is 7.05 Å². The van der Waals surface area contributed by atoms with Gasteiger partial charge in [0.25, 0.3) is 5.91 Å². The molecule has 94 valence electrons. The number of aromatic nitrogens is 1. The lowest BCUT2D eigenvalue weighted by Gasteiger charge is -2.22. The fourth-order valence-corrected chi connectivity index (χ4v) is 2.51. The normalized spacial score (nSPS) is 24.4. The van der Waals surface area contributed by atoms with E-state index in [9.17, 15) is 4.79 Å². The highest BCUT2D eigenvalue weighted by Crippen LogP contribution is 2.29. The number of rotatable bonds is 2. The van der Waals surface area contributed by atoms with Gasteiger partial charge >= 0.3 is 0 Å². The number of hydrogen-bond donors (Lipinski definition) is 1. The Morgan fingerprint density at radius 1 is 1.65 bits per heavy atom. The van der Waals surface area contributed by atoms with Crippen molar-refractivity contribution in [2.45, 2.75) is 13.3 Å². The zero-order valence-corrected chi connectivity index (χ0v) is 11.0. The molecule has 0 saturated carbocycles. The molecule has 0 bridgehead atoms. The van der Waals surface area contributed by atoms with Crippen LogP contribution in [0.1, 0.15) is 23.8 Å². The number of aryl methyl sites for hydroxylation is 1. The van der Waals surface area contributed by atoms with Crippen molar-refractivity contribution in [3.63, 3.8) is 0 Å². The summed E-state index contributed by atoms with van der Waals surface area (Å²) in [6.07, 6.45) is 2.71. The van der Waals surface area contributed by atoms with Gasteiger partial charge in [0.2, 0.25) is 0 Å². The molecule has 1 saturated heterocycles. The van der Waals surface area contributed by atoms with E-state index in [1.54, 1.807) is 16.8 Å². The number of hydrogen-bond acceptors (Lipinski definition) is 2. The SMILES string of the molecule is Cn1cc(Cl)cc1C(=O)N1CCC(C)(CN)C1. The molecule has 1 aromatic heterocycles. The summed E-state index contributed by atoms with van der Waals surface area (Å²) in [6, 6.07) is 1.71. The van der Waals surface area contributed by atoms with Gasteiger partial charge in [0, 0.05) is 26.3 Å². The Labute approximate surface area is 106 Å². The summed E-state index contributed by atoms with van der Waals surface area (Å²) in [5.74, 6) is 0.0385.